The smallest absolute Gasteiger partial charge is 0.277 e. The number of non-ortho nitro benzene ring substituents is 1. The number of fused-ring (bicyclic) bond motifs is 6. The molecule has 724 valence electrons. The SMILES string of the molecule is CC(=O)Nc1c(C)c([C@H](OC(C)(C)C)C(C)=O)c(-c2ccc3c4c(ccnc24)CCO3)c2ccccc12.CC(=O)[C@@H](OC(C)(C)C)c1c(-c2ccc3c4c(ccnc24)CCO3)c2ccccc2c2[nH]ncc12.CC(=O)[C@@H](OC(C)(C)C)c1c(C)cc2c(N)cccc2c1-c1ccc2c3c(ccnc13)CCO2.CC(=O)[C@@H](OC(C)(C)C)c1c(C)cc2c([N+](=O)[O-])cccc2c1-c1ccc2c3c(ccnc13)CCO2. The number of nitro groups is 1. The topological polar surface area (TPSA) is 321 Å². The van der Waals surface area contributed by atoms with Crippen LogP contribution >= 0.6 is 0 Å². The molecule has 0 bridgehead atoms. The lowest BCUT2D eigenvalue weighted by atomic mass is 9.83. The summed E-state index contributed by atoms with van der Waals surface area (Å²) in [5, 5.41) is 34.3. The standard InChI is InChI=1S/C31H32N2O4.C29H27N3O3.C29H28N2O5.C29H30N2O3/c1-17-25(30(18(2)34)37-31(4,5)6)27(21-9-7-8-10-22(21)28(17)33-19(3)35)23-11-12-24-26-20(14-16-36-24)13-15-32-29(23)26;1-16(33)28(35-29(2,3)4)25-21-15-31-32-26(21)19-8-6-5-7-18(19)24(25)20-9-10-22-23-17(12-14-34-22)11-13-30-27(20)23;1-16-15-21-19(7-6-8-22(21)31(33)34)26(24(16)28(17(2)32)36-29(3,4)5)20-9-10-23-25-18(12-14-35-23)11-13-30-27(20)25;1-16-15-21-19(7-6-8-22(21)30)26(24(16)28(17(2)32)34-29(3,4)5)20-9-10-23-25-18(12-14-33-23)11-13-31-27(20)25/h7-13,15,30H,14,16H2,1-6H3,(H,33,35);5-11,13,15,28H,12,14H2,1-4H3,(H,31,32);6-11,13,15,28H,12,14H2,1-5H3;6-11,13,15,28H,12,14,30H2,1-5H3/t30-;3*28-/m1111/s1. The highest BCUT2D eigenvalue weighted by Crippen LogP contribution is 2.54. The number of carbonyl (C=O) groups excluding carboxylic acids is 5. The van der Waals surface area contributed by atoms with E-state index in [1.54, 1.807) is 45.3 Å². The highest BCUT2D eigenvalue weighted by molar-refractivity contribution is 6.20. The number of amides is 1. The van der Waals surface area contributed by atoms with E-state index >= 15 is 0 Å². The molecule has 0 fully saturated rings. The van der Waals surface area contributed by atoms with Crippen LogP contribution in [0.25, 0.3) is 142 Å². The summed E-state index contributed by atoms with van der Waals surface area (Å²) in [6.07, 6.45) is 9.22. The maximum absolute atomic E-state index is 13.2. The van der Waals surface area contributed by atoms with Crippen molar-refractivity contribution in [3.8, 4) is 67.5 Å². The van der Waals surface area contributed by atoms with Gasteiger partial charge in [0.2, 0.25) is 5.91 Å². The number of hydrogen-bond donors (Lipinski definition) is 3. The van der Waals surface area contributed by atoms with Crippen molar-refractivity contribution in [2.45, 2.75) is 211 Å². The third kappa shape index (κ3) is 18.7. The van der Waals surface area contributed by atoms with Crippen LogP contribution in [-0.2, 0) is 68.6 Å². The van der Waals surface area contributed by atoms with Crippen LogP contribution in [0.3, 0.4) is 0 Å². The average molecular weight is 1900 g/mol. The molecule has 4 aliphatic heterocycles. The van der Waals surface area contributed by atoms with Crippen molar-refractivity contribution in [1.82, 2.24) is 30.1 Å². The van der Waals surface area contributed by atoms with Gasteiger partial charge in [0.25, 0.3) is 5.69 Å². The zero-order valence-electron chi connectivity index (χ0n) is 83.9. The summed E-state index contributed by atoms with van der Waals surface area (Å²) in [6.45, 7) is 39.5. The first kappa shape index (κ1) is 97.4. The van der Waals surface area contributed by atoms with Gasteiger partial charge in [-0.15, -0.1) is 0 Å². The Morgan fingerprint density at radius 3 is 1.08 bits per heavy atom. The summed E-state index contributed by atoms with van der Waals surface area (Å²) in [7, 11) is 0. The zero-order chi connectivity index (χ0) is 101. The van der Waals surface area contributed by atoms with Crippen molar-refractivity contribution in [2.24, 2.45) is 0 Å². The molecule has 0 saturated carbocycles. The Morgan fingerprint density at radius 2 is 0.704 bits per heavy atom. The first-order valence-electron chi connectivity index (χ1n) is 48.2. The molecule has 9 heterocycles. The quantitative estimate of drug-likeness (QED) is 0.0408. The molecule has 4 N–H and O–H groups in total. The van der Waals surface area contributed by atoms with Crippen LogP contribution in [-0.4, -0.2) is 113 Å². The molecule has 24 heteroatoms. The van der Waals surface area contributed by atoms with Crippen molar-refractivity contribution >= 4 is 144 Å². The highest BCUT2D eigenvalue weighted by atomic mass is 16.6. The van der Waals surface area contributed by atoms with Crippen LogP contribution in [0.4, 0.5) is 17.1 Å². The van der Waals surface area contributed by atoms with E-state index in [0.29, 0.717) is 54.1 Å². The Morgan fingerprint density at radius 1 is 0.387 bits per heavy atom. The normalized spacial score (nSPS) is 14.1. The third-order valence-electron chi connectivity index (χ3n) is 26.3. The molecule has 17 aromatic rings. The number of nitrogens with zero attached hydrogens (tertiary/aromatic N) is 6. The van der Waals surface area contributed by atoms with Gasteiger partial charge >= 0.3 is 0 Å². The zero-order valence-corrected chi connectivity index (χ0v) is 83.9. The van der Waals surface area contributed by atoms with Gasteiger partial charge in [-0.3, -0.25) is 59.1 Å². The third-order valence-corrected chi connectivity index (χ3v) is 26.3. The number of nitrogen functional groups attached to an aromatic ring is 1. The maximum Gasteiger partial charge on any atom is 0.277 e. The molecule has 0 spiro atoms. The van der Waals surface area contributed by atoms with Crippen LogP contribution in [0.2, 0.25) is 0 Å². The van der Waals surface area contributed by atoms with Crippen LogP contribution in [0.15, 0.2) is 201 Å². The lowest BCUT2D eigenvalue weighted by Crippen LogP contribution is -2.27. The summed E-state index contributed by atoms with van der Waals surface area (Å²) < 4.78 is 49.4. The number of nitro benzene ring substituents is 1. The van der Waals surface area contributed by atoms with Gasteiger partial charge in [0.05, 0.1) is 98.6 Å². The van der Waals surface area contributed by atoms with Crippen molar-refractivity contribution in [3.63, 3.8) is 0 Å². The van der Waals surface area contributed by atoms with Crippen molar-refractivity contribution < 1.29 is 66.8 Å². The summed E-state index contributed by atoms with van der Waals surface area (Å²) in [5.41, 5.74) is 27.3. The second-order valence-corrected chi connectivity index (χ2v) is 41.0. The van der Waals surface area contributed by atoms with E-state index in [1.807, 2.05) is 226 Å². The van der Waals surface area contributed by atoms with E-state index in [0.717, 1.165) is 219 Å². The number of nitrogens with one attached hydrogen (secondary N) is 2. The van der Waals surface area contributed by atoms with Gasteiger partial charge in [0, 0.05) is 146 Å². The molecule has 24 nitrogen and oxygen atoms in total. The fourth-order valence-electron chi connectivity index (χ4n) is 20.8. The number of pyridine rings is 4. The number of hydrogen-bond acceptors (Lipinski definition) is 21. The molecule has 142 heavy (non-hydrogen) atoms. The Balaban J connectivity index is 0.000000125. The van der Waals surface area contributed by atoms with Crippen LogP contribution < -0.4 is 30.0 Å². The van der Waals surface area contributed by atoms with Crippen LogP contribution in [0.1, 0.15) is 203 Å². The largest absolute Gasteiger partial charge is 0.493 e. The van der Waals surface area contributed by atoms with Gasteiger partial charge in [0.15, 0.2) is 23.1 Å². The van der Waals surface area contributed by atoms with Gasteiger partial charge in [-0.05, 0) is 316 Å². The molecule has 5 aromatic heterocycles. The van der Waals surface area contributed by atoms with E-state index < -0.39 is 46.8 Å². The molecule has 0 saturated heterocycles. The van der Waals surface area contributed by atoms with E-state index in [1.165, 1.54) is 36.6 Å². The van der Waals surface area contributed by atoms with Crippen molar-refractivity contribution in [3.05, 3.63) is 272 Å². The highest BCUT2D eigenvalue weighted by Gasteiger charge is 2.39. The number of aromatic nitrogens is 6. The van der Waals surface area contributed by atoms with Gasteiger partial charge < -0.3 is 48.9 Å². The predicted octanol–water partition coefficient (Wildman–Crippen LogP) is 26.0. The van der Waals surface area contributed by atoms with E-state index in [2.05, 4.69) is 64.0 Å². The Bertz CT molecular complexity index is 8030. The lowest BCUT2D eigenvalue weighted by molar-refractivity contribution is -0.383. The van der Waals surface area contributed by atoms with Crippen LogP contribution in [0, 0.1) is 30.9 Å². The lowest BCUT2D eigenvalue weighted by Gasteiger charge is -2.31. The fraction of sp³-hybridized carbons (Fsp3) is 0.305. The average Bonchev–Trinajstić information content (AvgIpc) is 1.20. The molecule has 0 aliphatic carbocycles. The number of aryl methyl sites for hydroxylation is 2. The van der Waals surface area contributed by atoms with E-state index in [9.17, 15) is 34.1 Å². The maximum atomic E-state index is 13.2. The van der Waals surface area contributed by atoms with Gasteiger partial charge in [0.1, 0.15) is 47.4 Å². The number of benzene rings is 12. The first-order valence-corrected chi connectivity index (χ1v) is 48.2. The summed E-state index contributed by atoms with van der Waals surface area (Å²) >= 11 is 0. The molecule has 4 atom stereocenters. The van der Waals surface area contributed by atoms with Gasteiger partial charge in [-0.25, -0.2) is 0 Å². The summed E-state index contributed by atoms with van der Waals surface area (Å²) in [5.74, 6) is 2.76. The fourth-order valence-corrected chi connectivity index (χ4v) is 20.8. The van der Waals surface area contributed by atoms with Crippen LogP contribution in [0.5, 0.6) is 23.0 Å². The number of anilines is 2. The van der Waals surface area contributed by atoms with Crippen molar-refractivity contribution in [2.75, 3.05) is 37.5 Å². The molecular weight excluding hydrogens is 1780 g/mol. The second kappa shape index (κ2) is 38.3. The molecule has 21 rings (SSSR count). The number of H-pyrrole nitrogens is 1. The molecule has 0 radical (unpaired) electrons. The molecule has 4 aliphatic rings. The number of Topliss-reactive ketones (excluding diaryl/α,β-unsaturated/α-hetero) is 4. The summed E-state index contributed by atoms with van der Waals surface area (Å²) in [4.78, 5) is 95.4. The van der Waals surface area contributed by atoms with Gasteiger partial charge in [-0.2, -0.15) is 5.10 Å². The number of aromatic amines is 1. The number of carbonyl (C=O) groups is 5. The number of rotatable bonds is 18. The molecule has 12 aromatic carbocycles. The number of ketones is 4. The minimum Gasteiger partial charge on any atom is -0.493 e. The van der Waals surface area contributed by atoms with Crippen molar-refractivity contribution in [1.29, 1.82) is 0 Å². The second-order valence-electron chi connectivity index (χ2n) is 41.0. The molecule has 0 unspecified atom stereocenters. The Kier molecular flexibility index (Phi) is 26.3. The Hall–Kier alpha value is -14.8. The monoisotopic (exact) mass is 1900 g/mol. The number of nitrogens with two attached hydrogens (primary N) is 1. The summed E-state index contributed by atoms with van der Waals surface area (Å²) in [6, 6.07) is 55.2. The van der Waals surface area contributed by atoms with E-state index in [-0.39, 0.29) is 39.7 Å². The molecule has 1 amide bonds. The van der Waals surface area contributed by atoms with Gasteiger partial charge in [-0.1, -0.05) is 72.8 Å². The van der Waals surface area contributed by atoms with E-state index in [4.69, 9.17) is 63.6 Å². The predicted molar refractivity (Wildman–Crippen MR) is 562 cm³/mol. The minimum absolute atomic E-state index is 0.0125. The molecular formula is C118H117N9O15. The first-order chi connectivity index (χ1) is 67.6. The number of ether oxygens (including phenoxy) is 8. The minimum atomic E-state index is -0.856. The Labute approximate surface area is 823 Å².